The van der Waals surface area contributed by atoms with Crippen LogP contribution >= 0.6 is 0 Å². The summed E-state index contributed by atoms with van der Waals surface area (Å²) in [5.74, 6) is 4.29. The lowest BCUT2D eigenvalue weighted by atomic mass is 10.1. The first-order valence-corrected chi connectivity index (χ1v) is 11.6. The average Bonchev–Trinajstić information content (AvgIpc) is 3.28. The molecule has 0 amide bonds. The molecule has 0 spiro atoms. The van der Waals surface area contributed by atoms with E-state index in [0.717, 1.165) is 71.4 Å². The minimum Gasteiger partial charge on any atom is -0.497 e. The van der Waals surface area contributed by atoms with E-state index < -0.39 is 0 Å². The summed E-state index contributed by atoms with van der Waals surface area (Å²) >= 11 is 0. The van der Waals surface area contributed by atoms with E-state index in [0.29, 0.717) is 25.2 Å². The summed E-state index contributed by atoms with van der Waals surface area (Å²) in [5, 5.41) is 6.89. The predicted octanol–water partition coefficient (Wildman–Crippen LogP) is 3.43. The van der Waals surface area contributed by atoms with Crippen LogP contribution in [0.1, 0.15) is 12.8 Å². The fraction of sp³-hybridized carbons (Fsp3) is 0.320. The molecule has 0 bridgehead atoms. The van der Waals surface area contributed by atoms with Gasteiger partial charge in [0.2, 0.25) is 5.95 Å². The minimum atomic E-state index is 0.306. The highest BCUT2D eigenvalue weighted by molar-refractivity contribution is 5.84. The standard InChI is InChI=1S/C25H26N6O3/c1-32-18-5-6-19-20(14-18)31(23-8-10-27-25(30-23)28-17-3-2-9-26-15-17)24(29-19)16-4-7-21-22(13-16)34-12-11-33-21/h4-8,10,13-14,17,26H,2-3,9,11-12,15H2,1H3,(H,27,28,30)/t17-/m0/s1. The number of nitrogens with one attached hydrogen (secondary N) is 2. The maximum absolute atomic E-state index is 5.82. The number of rotatable bonds is 5. The summed E-state index contributed by atoms with van der Waals surface area (Å²) in [6.45, 7) is 3.04. The second-order valence-corrected chi connectivity index (χ2v) is 8.41. The number of piperidine rings is 1. The molecule has 4 heterocycles. The fourth-order valence-electron chi connectivity index (χ4n) is 4.49. The maximum Gasteiger partial charge on any atom is 0.224 e. The van der Waals surface area contributed by atoms with Crippen LogP contribution < -0.4 is 24.8 Å². The number of anilines is 1. The van der Waals surface area contributed by atoms with Gasteiger partial charge in [0.05, 0.1) is 18.1 Å². The minimum absolute atomic E-state index is 0.306. The van der Waals surface area contributed by atoms with E-state index in [2.05, 4.69) is 15.6 Å². The van der Waals surface area contributed by atoms with Crippen molar-refractivity contribution >= 4 is 17.0 Å². The number of ether oxygens (including phenoxy) is 3. The normalized spacial score (nSPS) is 17.5. The van der Waals surface area contributed by atoms with E-state index in [9.17, 15) is 0 Å². The molecule has 0 aliphatic carbocycles. The molecule has 6 rings (SSSR count). The molecule has 9 nitrogen and oxygen atoms in total. The Bertz CT molecular complexity index is 1330. The molecule has 2 N–H and O–H groups in total. The first kappa shape index (κ1) is 20.7. The fourth-order valence-corrected chi connectivity index (χ4v) is 4.49. The van der Waals surface area contributed by atoms with Gasteiger partial charge in [0.15, 0.2) is 11.5 Å². The molecule has 0 radical (unpaired) electrons. The number of methoxy groups -OCH3 is 1. The molecule has 9 heteroatoms. The smallest absolute Gasteiger partial charge is 0.224 e. The molecule has 0 unspecified atom stereocenters. The lowest BCUT2D eigenvalue weighted by Crippen LogP contribution is -2.38. The predicted molar refractivity (Wildman–Crippen MR) is 129 cm³/mol. The van der Waals surface area contributed by atoms with E-state index in [1.54, 1.807) is 13.3 Å². The van der Waals surface area contributed by atoms with Crippen molar-refractivity contribution in [1.82, 2.24) is 24.8 Å². The summed E-state index contributed by atoms with van der Waals surface area (Å²) in [5.41, 5.74) is 2.65. The van der Waals surface area contributed by atoms with Gasteiger partial charge in [-0.3, -0.25) is 4.57 Å². The molecule has 174 valence electrons. The molecule has 2 aliphatic heterocycles. The molecule has 2 aromatic heterocycles. The first-order chi connectivity index (χ1) is 16.8. The Morgan fingerprint density at radius 1 is 1.06 bits per heavy atom. The van der Waals surface area contributed by atoms with Crippen molar-refractivity contribution in [3.05, 3.63) is 48.7 Å². The molecular weight excluding hydrogens is 432 g/mol. The van der Waals surface area contributed by atoms with Gasteiger partial charge in [-0.15, -0.1) is 0 Å². The molecule has 1 fully saturated rings. The molecule has 1 atom stereocenters. The number of benzene rings is 2. The largest absolute Gasteiger partial charge is 0.497 e. The molecule has 2 aromatic carbocycles. The Morgan fingerprint density at radius 3 is 2.82 bits per heavy atom. The van der Waals surface area contributed by atoms with Gasteiger partial charge in [0.1, 0.15) is 30.6 Å². The van der Waals surface area contributed by atoms with Crippen LogP contribution in [0.3, 0.4) is 0 Å². The van der Waals surface area contributed by atoms with Crippen LogP contribution in [0, 0.1) is 0 Å². The SMILES string of the molecule is COc1ccc2nc(-c3ccc4c(c3)OCCO4)n(-c3ccnc(N[C@H]4CCCNC4)n3)c2c1. The number of hydrogen-bond acceptors (Lipinski definition) is 8. The van der Waals surface area contributed by atoms with E-state index >= 15 is 0 Å². The van der Waals surface area contributed by atoms with Crippen LogP contribution in [0.5, 0.6) is 17.2 Å². The molecule has 1 saturated heterocycles. The van der Waals surface area contributed by atoms with E-state index in [4.69, 9.17) is 24.2 Å². The van der Waals surface area contributed by atoms with Gasteiger partial charge in [-0.2, -0.15) is 4.98 Å². The second kappa shape index (κ2) is 8.83. The zero-order valence-electron chi connectivity index (χ0n) is 19.0. The highest BCUT2D eigenvalue weighted by Gasteiger charge is 2.20. The third kappa shape index (κ3) is 3.88. The van der Waals surface area contributed by atoms with E-state index in [1.807, 2.05) is 47.0 Å². The summed E-state index contributed by atoms with van der Waals surface area (Å²) in [6.07, 6.45) is 4.01. The number of nitrogens with zero attached hydrogens (tertiary/aromatic N) is 4. The zero-order valence-corrected chi connectivity index (χ0v) is 19.0. The van der Waals surface area contributed by atoms with Crippen molar-refractivity contribution < 1.29 is 14.2 Å². The van der Waals surface area contributed by atoms with Crippen LogP contribution in [-0.2, 0) is 0 Å². The van der Waals surface area contributed by atoms with Crippen molar-refractivity contribution in [3.8, 4) is 34.5 Å². The quantitative estimate of drug-likeness (QED) is 0.470. The van der Waals surface area contributed by atoms with Gasteiger partial charge >= 0.3 is 0 Å². The Morgan fingerprint density at radius 2 is 1.97 bits per heavy atom. The van der Waals surface area contributed by atoms with Crippen LogP contribution in [0.4, 0.5) is 5.95 Å². The summed E-state index contributed by atoms with van der Waals surface area (Å²) in [4.78, 5) is 14.3. The van der Waals surface area contributed by atoms with Crippen LogP contribution in [0.2, 0.25) is 0 Å². The molecule has 4 aromatic rings. The van der Waals surface area contributed by atoms with Crippen molar-refractivity contribution in [1.29, 1.82) is 0 Å². The average molecular weight is 459 g/mol. The third-order valence-corrected chi connectivity index (χ3v) is 6.16. The van der Waals surface area contributed by atoms with Crippen LogP contribution in [-0.4, -0.2) is 59.0 Å². The first-order valence-electron chi connectivity index (χ1n) is 11.6. The van der Waals surface area contributed by atoms with Gasteiger partial charge in [-0.05, 0) is 55.8 Å². The molecule has 34 heavy (non-hydrogen) atoms. The topological polar surface area (TPSA) is 95.3 Å². The van der Waals surface area contributed by atoms with Crippen LogP contribution in [0.25, 0.3) is 28.2 Å². The van der Waals surface area contributed by atoms with Crippen LogP contribution in [0.15, 0.2) is 48.7 Å². The summed E-state index contributed by atoms with van der Waals surface area (Å²) in [6, 6.07) is 13.9. The van der Waals surface area contributed by atoms with Crippen molar-refractivity contribution in [2.75, 3.05) is 38.7 Å². The Kier molecular flexibility index (Phi) is 5.38. The van der Waals surface area contributed by atoms with Crippen molar-refractivity contribution in [3.63, 3.8) is 0 Å². The molecule has 0 saturated carbocycles. The van der Waals surface area contributed by atoms with E-state index in [1.165, 1.54) is 0 Å². The van der Waals surface area contributed by atoms with Gasteiger partial charge < -0.3 is 24.8 Å². The monoisotopic (exact) mass is 458 g/mol. The third-order valence-electron chi connectivity index (χ3n) is 6.16. The molecular formula is C25H26N6O3. The van der Waals surface area contributed by atoms with Crippen molar-refractivity contribution in [2.45, 2.75) is 18.9 Å². The lowest BCUT2D eigenvalue weighted by molar-refractivity contribution is 0.171. The summed E-state index contributed by atoms with van der Waals surface area (Å²) < 4.78 is 19.1. The van der Waals surface area contributed by atoms with E-state index in [-0.39, 0.29) is 0 Å². The number of fused-ring (bicyclic) bond motifs is 2. The number of hydrogen-bond donors (Lipinski definition) is 2. The Balaban J connectivity index is 1.47. The zero-order chi connectivity index (χ0) is 22.9. The van der Waals surface area contributed by atoms with Gasteiger partial charge in [0, 0.05) is 30.4 Å². The lowest BCUT2D eigenvalue weighted by Gasteiger charge is -2.23. The maximum atomic E-state index is 5.82. The number of aromatic nitrogens is 4. The number of imidazole rings is 1. The molecule has 2 aliphatic rings. The Hall–Kier alpha value is -3.85. The summed E-state index contributed by atoms with van der Waals surface area (Å²) in [7, 11) is 1.66. The van der Waals surface area contributed by atoms with Crippen molar-refractivity contribution in [2.24, 2.45) is 0 Å². The highest BCUT2D eigenvalue weighted by atomic mass is 16.6. The highest BCUT2D eigenvalue weighted by Crippen LogP contribution is 2.36. The van der Waals surface area contributed by atoms with Gasteiger partial charge in [-0.1, -0.05) is 0 Å². The Labute approximate surface area is 197 Å². The second-order valence-electron chi connectivity index (χ2n) is 8.41. The van der Waals surface area contributed by atoms with Gasteiger partial charge in [0.25, 0.3) is 0 Å². The van der Waals surface area contributed by atoms with Gasteiger partial charge in [-0.25, -0.2) is 9.97 Å².